The number of aromatic hydroxyl groups is 3. The topological polar surface area (TPSA) is 107 Å². The smallest absolute Gasteiger partial charge is 0.307 e. The van der Waals surface area contributed by atoms with Gasteiger partial charge in [0.25, 0.3) is 0 Å². The van der Waals surface area contributed by atoms with Gasteiger partial charge in [0.05, 0.1) is 5.92 Å². The molecule has 0 saturated heterocycles. The summed E-state index contributed by atoms with van der Waals surface area (Å²) < 4.78 is 5.84. The Bertz CT molecular complexity index is 1230. The van der Waals surface area contributed by atoms with Gasteiger partial charge >= 0.3 is 5.97 Å². The monoisotopic (exact) mass is 392 g/mol. The maximum absolute atomic E-state index is 11.9. The molecule has 0 spiro atoms. The Kier molecular flexibility index (Phi) is 3.39. The number of benzene rings is 2. The molecule has 5 rings (SSSR count). The van der Waals surface area contributed by atoms with Crippen molar-refractivity contribution in [3.8, 4) is 28.7 Å². The number of carbonyl (C=O) groups is 1. The predicted molar refractivity (Wildman–Crippen MR) is 105 cm³/mol. The molecular formula is C23H20O6. The summed E-state index contributed by atoms with van der Waals surface area (Å²) >= 11 is 0. The van der Waals surface area contributed by atoms with Crippen molar-refractivity contribution < 1.29 is 30.0 Å². The molecule has 2 aliphatic carbocycles. The number of carboxylic acid groups (broad SMARTS) is 1. The van der Waals surface area contributed by atoms with Crippen molar-refractivity contribution in [2.24, 2.45) is 23.2 Å². The van der Waals surface area contributed by atoms with E-state index in [1.54, 1.807) is 18.2 Å². The second kappa shape index (κ2) is 5.56. The second-order valence-corrected chi connectivity index (χ2v) is 8.15. The standard InChI is InChI=1S/C23H20O6/c1-10-3-4-13-17(23-8-7-12(11(23)2)15(9-23)22(27)28)14-5-6-16(24)19(26)21(14)29-20(13)18(10)25/h3-8,11-12,15,24-26H,1,9H2,2H3,(H,27,28). The average molecular weight is 392 g/mol. The minimum atomic E-state index is -0.828. The number of fused-ring (bicyclic) bond motifs is 4. The van der Waals surface area contributed by atoms with E-state index in [-0.39, 0.29) is 34.8 Å². The van der Waals surface area contributed by atoms with E-state index in [0.717, 1.165) is 5.57 Å². The number of allylic oxidation sites excluding steroid dienone is 2. The van der Waals surface area contributed by atoms with Gasteiger partial charge < -0.3 is 25.2 Å². The third-order valence-corrected chi connectivity index (χ3v) is 6.88. The molecule has 148 valence electrons. The highest BCUT2D eigenvalue weighted by molar-refractivity contribution is 5.85. The van der Waals surface area contributed by atoms with E-state index in [2.05, 4.69) is 12.7 Å². The Hall–Kier alpha value is -3.41. The molecule has 2 aromatic rings. The summed E-state index contributed by atoms with van der Waals surface area (Å²) in [5, 5.41) is 41.8. The van der Waals surface area contributed by atoms with Gasteiger partial charge in [-0.05, 0) is 36.0 Å². The molecule has 4 N–H and O–H groups in total. The number of ether oxygens (including phenoxy) is 1. The molecule has 29 heavy (non-hydrogen) atoms. The molecule has 0 radical (unpaired) electrons. The van der Waals surface area contributed by atoms with E-state index in [4.69, 9.17) is 4.74 Å². The lowest BCUT2D eigenvalue weighted by atomic mass is 9.69. The summed E-state index contributed by atoms with van der Waals surface area (Å²) in [5.41, 5.74) is 0.765. The Morgan fingerprint density at radius 1 is 1.14 bits per heavy atom. The van der Waals surface area contributed by atoms with Crippen LogP contribution in [0.25, 0.3) is 12.2 Å². The van der Waals surface area contributed by atoms with Crippen molar-refractivity contribution in [3.63, 3.8) is 0 Å². The maximum Gasteiger partial charge on any atom is 0.307 e. The molecule has 1 saturated carbocycles. The number of phenols is 3. The van der Waals surface area contributed by atoms with Crippen LogP contribution in [0.2, 0.25) is 0 Å². The fraction of sp³-hybridized carbons (Fsp3) is 0.261. The molecular weight excluding hydrogens is 372 g/mol. The van der Waals surface area contributed by atoms with E-state index in [9.17, 15) is 25.2 Å². The SMILES string of the molecule is C=c1ccc2c(c1O)Oc1c(ccc(O)c1O)C=2C12C=CC(C(C(=O)O)C1)C2C. The largest absolute Gasteiger partial charge is 0.504 e. The van der Waals surface area contributed by atoms with Crippen LogP contribution in [0.5, 0.6) is 28.7 Å². The lowest BCUT2D eigenvalue weighted by molar-refractivity contribution is -0.142. The van der Waals surface area contributed by atoms with E-state index < -0.39 is 23.1 Å². The van der Waals surface area contributed by atoms with E-state index in [1.807, 2.05) is 13.0 Å². The van der Waals surface area contributed by atoms with E-state index in [0.29, 0.717) is 22.4 Å². The average Bonchev–Trinajstić information content (AvgIpc) is 3.17. The summed E-state index contributed by atoms with van der Waals surface area (Å²) in [5.74, 6) is -2.13. The Morgan fingerprint density at radius 2 is 1.90 bits per heavy atom. The van der Waals surface area contributed by atoms with Gasteiger partial charge in [-0.3, -0.25) is 4.79 Å². The summed E-state index contributed by atoms with van der Waals surface area (Å²) in [4.78, 5) is 11.9. The number of aliphatic carboxylic acids is 1. The zero-order valence-electron chi connectivity index (χ0n) is 15.7. The van der Waals surface area contributed by atoms with Gasteiger partial charge in [0.1, 0.15) is 0 Å². The highest BCUT2D eigenvalue weighted by Crippen LogP contribution is 2.64. The molecule has 6 heteroatoms. The lowest BCUT2D eigenvalue weighted by Gasteiger charge is -2.35. The van der Waals surface area contributed by atoms with Crippen molar-refractivity contribution in [1.29, 1.82) is 0 Å². The van der Waals surface area contributed by atoms with Gasteiger partial charge in [-0.15, -0.1) is 0 Å². The predicted octanol–water partition coefficient (Wildman–Crippen LogP) is 2.43. The summed E-state index contributed by atoms with van der Waals surface area (Å²) in [6, 6.07) is 6.54. The normalized spacial score (nSPS) is 28.7. The first-order valence-corrected chi connectivity index (χ1v) is 9.47. The van der Waals surface area contributed by atoms with E-state index in [1.165, 1.54) is 6.07 Å². The third-order valence-electron chi connectivity index (χ3n) is 6.88. The Morgan fingerprint density at radius 3 is 2.59 bits per heavy atom. The first-order valence-electron chi connectivity index (χ1n) is 9.47. The lowest BCUT2D eigenvalue weighted by Crippen LogP contribution is -2.31. The van der Waals surface area contributed by atoms with Crippen molar-refractivity contribution in [2.75, 3.05) is 0 Å². The number of rotatable bonds is 2. The molecule has 0 aromatic heterocycles. The molecule has 4 atom stereocenters. The summed E-state index contributed by atoms with van der Waals surface area (Å²) in [7, 11) is 0. The molecule has 2 bridgehead atoms. The second-order valence-electron chi connectivity index (χ2n) is 8.15. The molecule has 0 amide bonds. The highest BCUT2D eigenvalue weighted by atomic mass is 16.5. The van der Waals surface area contributed by atoms with Crippen LogP contribution in [-0.4, -0.2) is 26.4 Å². The van der Waals surface area contributed by atoms with Gasteiger partial charge in [0.2, 0.25) is 5.75 Å². The fourth-order valence-corrected chi connectivity index (χ4v) is 5.37. The zero-order chi connectivity index (χ0) is 20.7. The first kappa shape index (κ1) is 17.7. The van der Waals surface area contributed by atoms with Crippen molar-refractivity contribution >= 4 is 18.1 Å². The summed E-state index contributed by atoms with van der Waals surface area (Å²) in [6.07, 6.45) is 4.42. The van der Waals surface area contributed by atoms with Gasteiger partial charge in [-0.2, -0.15) is 0 Å². The van der Waals surface area contributed by atoms with Crippen LogP contribution in [0, 0.1) is 23.2 Å². The number of hydrogen-bond donors (Lipinski definition) is 4. The van der Waals surface area contributed by atoms with Gasteiger partial charge in [-0.1, -0.05) is 37.8 Å². The van der Waals surface area contributed by atoms with Crippen LogP contribution < -0.4 is 15.2 Å². The summed E-state index contributed by atoms with van der Waals surface area (Å²) in [6.45, 7) is 5.83. The number of phenolic OH excluding ortho intramolecular Hbond substituents is 3. The van der Waals surface area contributed by atoms with Gasteiger partial charge in [0.15, 0.2) is 23.0 Å². The number of carboxylic acids is 1. The van der Waals surface area contributed by atoms with Crippen molar-refractivity contribution in [2.45, 2.75) is 13.3 Å². The minimum Gasteiger partial charge on any atom is -0.504 e. The molecule has 3 aliphatic rings. The Balaban J connectivity index is 1.90. The van der Waals surface area contributed by atoms with Crippen molar-refractivity contribution in [1.82, 2.24) is 0 Å². The third kappa shape index (κ3) is 2.08. The Labute approximate surface area is 166 Å². The van der Waals surface area contributed by atoms with Crippen LogP contribution >= 0.6 is 0 Å². The van der Waals surface area contributed by atoms with Crippen LogP contribution in [0.15, 0.2) is 36.4 Å². The molecule has 1 heterocycles. The van der Waals surface area contributed by atoms with Crippen LogP contribution in [0.3, 0.4) is 0 Å². The molecule has 1 aliphatic heterocycles. The van der Waals surface area contributed by atoms with E-state index >= 15 is 0 Å². The quantitative estimate of drug-likeness (QED) is 0.462. The molecule has 1 fully saturated rings. The number of hydrogen-bond acceptors (Lipinski definition) is 5. The van der Waals surface area contributed by atoms with Crippen LogP contribution in [0.1, 0.15) is 18.9 Å². The van der Waals surface area contributed by atoms with Crippen LogP contribution in [-0.2, 0) is 4.79 Å². The maximum atomic E-state index is 11.9. The van der Waals surface area contributed by atoms with Gasteiger partial charge in [0, 0.05) is 21.4 Å². The van der Waals surface area contributed by atoms with Crippen molar-refractivity contribution in [3.05, 3.63) is 52.4 Å². The zero-order valence-corrected chi connectivity index (χ0v) is 15.7. The highest BCUT2D eigenvalue weighted by Gasteiger charge is 2.58. The molecule has 6 nitrogen and oxygen atoms in total. The fourth-order valence-electron chi connectivity index (χ4n) is 5.37. The minimum absolute atomic E-state index is 0.00918. The molecule has 4 unspecified atom stereocenters. The van der Waals surface area contributed by atoms with Crippen LogP contribution in [0.4, 0.5) is 0 Å². The molecule has 2 aromatic carbocycles. The van der Waals surface area contributed by atoms with Gasteiger partial charge in [-0.25, -0.2) is 0 Å². The first-order chi connectivity index (χ1) is 13.8.